The summed E-state index contributed by atoms with van der Waals surface area (Å²) in [4.78, 5) is 0. The van der Waals surface area contributed by atoms with Crippen LogP contribution in [0.15, 0.2) is 0 Å². The fourth-order valence-corrected chi connectivity index (χ4v) is 1.37. The van der Waals surface area contributed by atoms with Crippen LogP contribution in [0.2, 0.25) is 0 Å². The molecule has 0 spiro atoms. The molecule has 74 valence electrons. The quantitative estimate of drug-likeness (QED) is 0.626. The van der Waals surface area contributed by atoms with Crippen LogP contribution in [0.1, 0.15) is 40.5 Å². The van der Waals surface area contributed by atoms with Crippen molar-refractivity contribution in [3.8, 4) is 0 Å². The SMILES string of the molecule is CCCOCC(C)(O)CC(C)C. The van der Waals surface area contributed by atoms with Gasteiger partial charge in [-0.1, -0.05) is 20.8 Å². The summed E-state index contributed by atoms with van der Waals surface area (Å²) in [6, 6.07) is 0. The Balaban J connectivity index is 3.56. The van der Waals surface area contributed by atoms with Gasteiger partial charge >= 0.3 is 0 Å². The predicted molar refractivity (Wildman–Crippen MR) is 51.2 cm³/mol. The van der Waals surface area contributed by atoms with Crippen molar-refractivity contribution in [2.24, 2.45) is 5.92 Å². The first-order chi connectivity index (χ1) is 5.48. The second-order valence-corrected chi connectivity index (χ2v) is 4.15. The van der Waals surface area contributed by atoms with Crippen molar-refractivity contribution in [3.63, 3.8) is 0 Å². The Labute approximate surface area is 75.9 Å². The Kier molecular flexibility index (Phi) is 5.51. The maximum Gasteiger partial charge on any atom is 0.0854 e. The van der Waals surface area contributed by atoms with Gasteiger partial charge in [-0.25, -0.2) is 0 Å². The minimum Gasteiger partial charge on any atom is -0.388 e. The molecule has 0 aromatic rings. The first-order valence-corrected chi connectivity index (χ1v) is 4.78. The van der Waals surface area contributed by atoms with Gasteiger partial charge in [0.2, 0.25) is 0 Å². The van der Waals surface area contributed by atoms with E-state index < -0.39 is 5.60 Å². The van der Waals surface area contributed by atoms with Crippen molar-refractivity contribution in [2.75, 3.05) is 13.2 Å². The summed E-state index contributed by atoms with van der Waals surface area (Å²) in [6.45, 7) is 9.32. The van der Waals surface area contributed by atoms with E-state index in [1.807, 2.05) is 6.92 Å². The lowest BCUT2D eigenvalue weighted by atomic mass is 9.95. The molecule has 2 nitrogen and oxygen atoms in total. The maximum atomic E-state index is 9.79. The number of ether oxygens (including phenoxy) is 1. The molecule has 0 aliphatic heterocycles. The van der Waals surface area contributed by atoms with Gasteiger partial charge in [0.05, 0.1) is 12.2 Å². The van der Waals surface area contributed by atoms with E-state index in [-0.39, 0.29) is 0 Å². The fourth-order valence-electron chi connectivity index (χ4n) is 1.37. The highest BCUT2D eigenvalue weighted by molar-refractivity contribution is 4.73. The molecule has 0 saturated carbocycles. The summed E-state index contributed by atoms with van der Waals surface area (Å²) in [5, 5.41) is 9.79. The van der Waals surface area contributed by atoms with Crippen molar-refractivity contribution in [1.82, 2.24) is 0 Å². The molecular weight excluding hydrogens is 152 g/mol. The predicted octanol–water partition coefficient (Wildman–Crippen LogP) is 2.21. The van der Waals surface area contributed by atoms with E-state index >= 15 is 0 Å². The molecule has 0 bridgehead atoms. The van der Waals surface area contributed by atoms with E-state index in [1.54, 1.807) is 0 Å². The monoisotopic (exact) mass is 174 g/mol. The minimum atomic E-state index is -0.649. The lowest BCUT2D eigenvalue weighted by molar-refractivity contribution is -0.0454. The molecule has 0 saturated heterocycles. The molecule has 0 amide bonds. The summed E-state index contributed by atoms with van der Waals surface area (Å²) in [6.07, 6.45) is 1.81. The van der Waals surface area contributed by atoms with Crippen LogP contribution in [0.3, 0.4) is 0 Å². The van der Waals surface area contributed by atoms with Crippen LogP contribution in [0.5, 0.6) is 0 Å². The van der Waals surface area contributed by atoms with Crippen LogP contribution < -0.4 is 0 Å². The molecule has 12 heavy (non-hydrogen) atoms. The zero-order chi connectivity index (χ0) is 9.61. The van der Waals surface area contributed by atoms with Crippen LogP contribution in [-0.2, 0) is 4.74 Å². The molecule has 0 fully saturated rings. The molecule has 1 unspecified atom stereocenters. The molecular formula is C10H22O2. The Bertz CT molecular complexity index is 108. The van der Waals surface area contributed by atoms with E-state index in [1.165, 1.54) is 0 Å². The number of hydrogen-bond acceptors (Lipinski definition) is 2. The fraction of sp³-hybridized carbons (Fsp3) is 1.00. The van der Waals surface area contributed by atoms with Crippen LogP contribution in [0.4, 0.5) is 0 Å². The average molecular weight is 174 g/mol. The lowest BCUT2D eigenvalue weighted by Gasteiger charge is -2.24. The van der Waals surface area contributed by atoms with E-state index in [2.05, 4.69) is 20.8 Å². The molecule has 0 radical (unpaired) electrons. The van der Waals surface area contributed by atoms with Gasteiger partial charge < -0.3 is 9.84 Å². The number of aliphatic hydroxyl groups is 1. The maximum absolute atomic E-state index is 9.79. The van der Waals surface area contributed by atoms with Gasteiger partial charge in [0.25, 0.3) is 0 Å². The van der Waals surface area contributed by atoms with Crippen LogP contribution >= 0.6 is 0 Å². The van der Waals surface area contributed by atoms with Gasteiger partial charge in [0.15, 0.2) is 0 Å². The van der Waals surface area contributed by atoms with E-state index in [4.69, 9.17) is 4.74 Å². The lowest BCUT2D eigenvalue weighted by Crippen LogP contribution is -2.32. The van der Waals surface area contributed by atoms with Gasteiger partial charge in [-0.05, 0) is 25.7 Å². The normalized spacial score (nSPS) is 16.5. The molecule has 0 aliphatic carbocycles. The second kappa shape index (κ2) is 5.55. The number of hydrogen-bond donors (Lipinski definition) is 1. The van der Waals surface area contributed by atoms with Crippen molar-refractivity contribution < 1.29 is 9.84 Å². The third-order valence-corrected chi connectivity index (χ3v) is 1.61. The summed E-state index contributed by atoms with van der Waals surface area (Å²) in [5.41, 5.74) is -0.649. The van der Waals surface area contributed by atoms with Gasteiger partial charge in [0, 0.05) is 6.61 Å². The smallest absolute Gasteiger partial charge is 0.0854 e. The molecule has 2 heteroatoms. The Morgan fingerprint density at radius 1 is 1.42 bits per heavy atom. The zero-order valence-corrected chi connectivity index (χ0v) is 8.76. The van der Waals surface area contributed by atoms with Crippen LogP contribution in [0, 0.1) is 5.92 Å². The van der Waals surface area contributed by atoms with Crippen molar-refractivity contribution >= 4 is 0 Å². The highest BCUT2D eigenvalue weighted by atomic mass is 16.5. The first kappa shape index (κ1) is 11.9. The van der Waals surface area contributed by atoms with Crippen LogP contribution in [-0.4, -0.2) is 23.9 Å². The molecule has 1 atom stereocenters. The third-order valence-electron chi connectivity index (χ3n) is 1.61. The molecule has 0 rings (SSSR count). The topological polar surface area (TPSA) is 29.5 Å². The third kappa shape index (κ3) is 6.62. The Morgan fingerprint density at radius 2 is 2.00 bits per heavy atom. The molecule has 0 heterocycles. The van der Waals surface area contributed by atoms with E-state index in [9.17, 15) is 5.11 Å². The summed E-state index contributed by atoms with van der Waals surface area (Å²) in [5.74, 6) is 0.519. The summed E-state index contributed by atoms with van der Waals surface area (Å²) in [7, 11) is 0. The highest BCUT2D eigenvalue weighted by Crippen LogP contribution is 2.16. The van der Waals surface area contributed by atoms with Gasteiger partial charge in [-0.15, -0.1) is 0 Å². The van der Waals surface area contributed by atoms with Crippen LogP contribution in [0.25, 0.3) is 0 Å². The minimum absolute atomic E-state index is 0.457. The van der Waals surface area contributed by atoms with Crippen molar-refractivity contribution in [3.05, 3.63) is 0 Å². The summed E-state index contributed by atoms with van der Waals surface area (Å²) < 4.78 is 5.30. The standard InChI is InChI=1S/C10H22O2/c1-5-6-12-8-10(4,11)7-9(2)3/h9,11H,5-8H2,1-4H3. The highest BCUT2D eigenvalue weighted by Gasteiger charge is 2.21. The molecule has 0 aromatic heterocycles. The Hall–Kier alpha value is -0.0800. The summed E-state index contributed by atoms with van der Waals surface area (Å²) >= 11 is 0. The Morgan fingerprint density at radius 3 is 2.42 bits per heavy atom. The van der Waals surface area contributed by atoms with Crippen molar-refractivity contribution in [1.29, 1.82) is 0 Å². The van der Waals surface area contributed by atoms with E-state index in [0.717, 1.165) is 19.4 Å². The molecule has 0 aliphatic rings. The molecule has 0 aromatic carbocycles. The van der Waals surface area contributed by atoms with Gasteiger partial charge in [0.1, 0.15) is 0 Å². The van der Waals surface area contributed by atoms with E-state index in [0.29, 0.717) is 12.5 Å². The first-order valence-electron chi connectivity index (χ1n) is 4.78. The number of rotatable bonds is 6. The van der Waals surface area contributed by atoms with Crippen molar-refractivity contribution in [2.45, 2.75) is 46.1 Å². The zero-order valence-electron chi connectivity index (χ0n) is 8.76. The van der Waals surface area contributed by atoms with Gasteiger partial charge in [-0.2, -0.15) is 0 Å². The molecule has 1 N–H and O–H groups in total. The second-order valence-electron chi connectivity index (χ2n) is 4.15. The largest absolute Gasteiger partial charge is 0.388 e. The van der Waals surface area contributed by atoms with Gasteiger partial charge in [-0.3, -0.25) is 0 Å². The average Bonchev–Trinajstić information content (AvgIpc) is 1.84.